The average Bonchev–Trinajstić information content (AvgIpc) is 3.34. The smallest absolute Gasteiger partial charge is 1.00 e. The maximum Gasteiger partial charge on any atom is -1.00 e. The van der Waals surface area contributed by atoms with Crippen LogP contribution in [-0.4, -0.2) is 3.71 Å². The molecule has 0 saturated carbocycles. The molecule has 0 aliphatic heterocycles. The molecule has 4 heteroatoms. The van der Waals surface area contributed by atoms with Gasteiger partial charge in [0.2, 0.25) is 0 Å². The van der Waals surface area contributed by atoms with Crippen LogP contribution >= 0.6 is 0 Å². The molecule has 0 N–H and O–H groups in total. The number of fused-ring (bicyclic) bond motifs is 3. The molecular formula is C32H33Cl2FZr. The normalized spacial score (nSPS) is 16.7. The van der Waals surface area contributed by atoms with Crippen molar-refractivity contribution in [2.75, 3.05) is 0 Å². The minimum atomic E-state index is -2.51. The molecule has 186 valence electrons. The van der Waals surface area contributed by atoms with Gasteiger partial charge in [-0.3, -0.25) is 0 Å². The number of hydrogen-bond donors (Lipinski definition) is 0. The summed E-state index contributed by atoms with van der Waals surface area (Å²) >= 11 is -2.51. The maximum absolute atomic E-state index is 13.8. The van der Waals surface area contributed by atoms with Crippen molar-refractivity contribution in [1.82, 2.24) is 0 Å². The van der Waals surface area contributed by atoms with E-state index in [1.54, 1.807) is 21.0 Å². The zero-order valence-electron chi connectivity index (χ0n) is 21.6. The molecule has 36 heavy (non-hydrogen) atoms. The van der Waals surface area contributed by atoms with Gasteiger partial charge in [-0.1, -0.05) is 0 Å². The van der Waals surface area contributed by atoms with Crippen LogP contribution < -0.4 is 24.8 Å². The van der Waals surface area contributed by atoms with Gasteiger partial charge in [0.05, 0.1) is 0 Å². The summed E-state index contributed by atoms with van der Waals surface area (Å²) in [5.41, 5.74) is 10.2. The molecule has 0 aromatic heterocycles. The van der Waals surface area contributed by atoms with E-state index in [0.29, 0.717) is 9.54 Å². The summed E-state index contributed by atoms with van der Waals surface area (Å²) in [6, 6.07) is 25.1. The van der Waals surface area contributed by atoms with Gasteiger partial charge in [0.15, 0.2) is 0 Å². The molecule has 2 aliphatic rings. The summed E-state index contributed by atoms with van der Waals surface area (Å²) in [6.07, 6.45) is 3.61. The van der Waals surface area contributed by atoms with E-state index < -0.39 is 21.3 Å². The second-order valence-corrected chi connectivity index (χ2v) is 16.3. The van der Waals surface area contributed by atoms with E-state index in [0.717, 1.165) is 12.0 Å². The second-order valence-electron chi connectivity index (χ2n) is 10.6. The SMILES string of the molecule is CCC1=[C](/[Zr+2](=[CH]/c2ccc(F)cc2)[CH]2c3ccccc3-c3ccccc32)C(C)C=C1C(C)(C)C.[Cl-].[Cl-]. The monoisotopic (exact) mass is 596 g/mol. The van der Waals surface area contributed by atoms with Crippen LogP contribution in [0.2, 0.25) is 0 Å². The Morgan fingerprint density at radius 1 is 0.833 bits per heavy atom. The van der Waals surface area contributed by atoms with Gasteiger partial charge >= 0.3 is 212 Å². The molecule has 3 aromatic carbocycles. The summed E-state index contributed by atoms with van der Waals surface area (Å²) in [7, 11) is 0. The standard InChI is InChI=1S/C13H9.C12H19.C7H5F.2ClH.Zr/c1-3-7-12-10(5-1)9-11-6-2-4-8-13(11)12;1-6-10-7-9(2)8-11(10)12(3,4)5;1-6-2-4-7(8)5-3-6;;;/h1-9H;8-9H,6H2,1-5H3;1-5H;2*1H;/q;;;;;+2/p-2. The summed E-state index contributed by atoms with van der Waals surface area (Å²) < 4.78 is 18.5. The largest absolute Gasteiger partial charge is 1.00 e. The minimum absolute atomic E-state index is 0. The fourth-order valence-corrected chi connectivity index (χ4v) is 14.8. The van der Waals surface area contributed by atoms with Crippen LogP contribution in [0.15, 0.2) is 93.3 Å². The van der Waals surface area contributed by atoms with E-state index in [-0.39, 0.29) is 36.0 Å². The van der Waals surface area contributed by atoms with Crippen LogP contribution in [0.5, 0.6) is 0 Å². The number of hydrogen-bond acceptors (Lipinski definition) is 0. The van der Waals surface area contributed by atoms with E-state index in [4.69, 9.17) is 0 Å². The number of halogens is 3. The van der Waals surface area contributed by atoms with Gasteiger partial charge in [-0.15, -0.1) is 0 Å². The third-order valence-electron chi connectivity index (χ3n) is 7.33. The maximum atomic E-state index is 13.8. The molecule has 0 bridgehead atoms. The van der Waals surface area contributed by atoms with Crippen molar-refractivity contribution in [2.24, 2.45) is 11.3 Å². The zero-order valence-corrected chi connectivity index (χ0v) is 25.5. The summed E-state index contributed by atoms with van der Waals surface area (Å²) in [5, 5.41) is 0. The van der Waals surface area contributed by atoms with Gasteiger partial charge in [-0.05, 0) is 0 Å². The predicted octanol–water partition coefficient (Wildman–Crippen LogP) is 2.66. The molecule has 0 radical (unpaired) electrons. The molecule has 0 amide bonds. The average molecular weight is 599 g/mol. The Morgan fingerprint density at radius 3 is 1.86 bits per heavy atom. The van der Waals surface area contributed by atoms with Gasteiger partial charge in [0.25, 0.3) is 0 Å². The van der Waals surface area contributed by atoms with Gasteiger partial charge in [-0.2, -0.15) is 0 Å². The third-order valence-corrected chi connectivity index (χ3v) is 15.4. The molecule has 1 unspecified atom stereocenters. The Labute approximate surface area is 235 Å². The Morgan fingerprint density at radius 2 is 1.36 bits per heavy atom. The van der Waals surface area contributed by atoms with E-state index in [9.17, 15) is 4.39 Å². The molecule has 0 fully saturated rings. The van der Waals surface area contributed by atoms with E-state index in [1.807, 2.05) is 12.1 Å². The van der Waals surface area contributed by atoms with E-state index in [1.165, 1.54) is 27.8 Å². The second kappa shape index (κ2) is 11.4. The number of allylic oxidation sites excluding steroid dienone is 4. The van der Waals surface area contributed by atoms with Crippen molar-refractivity contribution >= 4 is 3.71 Å². The molecule has 1 atom stereocenters. The zero-order chi connectivity index (χ0) is 24.0. The topological polar surface area (TPSA) is 0 Å². The van der Waals surface area contributed by atoms with Crippen molar-refractivity contribution < 1.29 is 50.5 Å². The third kappa shape index (κ3) is 5.20. The van der Waals surface area contributed by atoms with Crippen LogP contribution in [0.4, 0.5) is 4.39 Å². The summed E-state index contributed by atoms with van der Waals surface area (Å²) in [5.74, 6) is 0.286. The van der Waals surface area contributed by atoms with Crippen molar-refractivity contribution in [3.63, 3.8) is 0 Å². The Balaban J connectivity index is 0.00000180. The molecule has 5 rings (SSSR count). The molecule has 0 nitrogen and oxygen atoms in total. The van der Waals surface area contributed by atoms with Crippen LogP contribution in [0, 0.1) is 17.2 Å². The van der Waals surface area contributed by atoms with Crippen LogP contribution in [0.1, 0.15) is 61.4 Å². The molecular weight excluding hydrogens is 565 g/mol. The quantitative estimate of drug-likeness (QED) is 0.434. The number of rotatable bonds is 4. The van der Waals surface area contributed by atoms with Gasteiger partial charge in [0.1, 0.15) is 0 Å². The molecule has 0 spiro atoms. The van der Waals surface area contributed by atoms with Gasteiger partial charge in [-0.25, -0.2) is 0 Å². The van der Waals surface area contributed by atoms with Crippen LogP contribution in [-0.2, 0) is 21.3 Å². The first-order valence-corrected chi connectivity index (χ1v) is 16.5. The molecule has 3 aromatic rings. The predicted molar refractivity (Wildman–Crippen MR) is 139 cm³/mol. The summed E-state index contributed by atoms with van der Waals surface area (Å²) in [6.45, 7) is 11.8. The Hall–Kier alpha value is -1.60. The summed E-state index contributed by atoms with van der Waals surface area (Å²) in [4.78, 5) is 0. The van der Waals surface area contributed by atoms with Crippen molar-refractivity contribution in [2.45, 2.75) is 44.7 Å². The van der Waals surface area contributed by atoms with E-state index in [2.05, 4.69) is 92.9 Å². The first-order valence-electron chi connectivity index (χ1n) is 12.4. The van der Waals surface area contributed by atoms with Crippen molar-refractivity contribution in [3.8, 4) is 11.1 Å². The Bertz CT molecular complexity index is 1300. The van der Waals surface area contributed by atoms with Gasteiger partial charge in [0, 0.05) is 0 Å². The molecule has 0 saturated heterocycles. The Kier molecular flexibility index (Phi) is 9.19. The van der Waals surface area contributed by atoms with Gasteiger partial charge < -0.3 is 24.8 Å². The first kappa shape index (κ1) is 29.0. The van der Waals surface area contributed by atoms with Crippen LogP contribution in [0.25, 0.3) is 11.1 Å². The molecule has 0 heterocycles. The molecule has 2 aliphatic carbocycles. The number of benzene rings is 3. The minimum Gasteiger partial charge on any atom is -1.00 e. The fourth-order valence-electron chi connectivity index (χ4n) is 5.92. The van der Waals surface area contributed by atoms with Crippen molar-refractivity contribution in [3.05, 3.63) is 116 Å². The van der Waals surface area contributed by atoms with Crippen molar-refractivity contribution in [1.29, 1.82) is 0 Å². The first-order chi connectivity index (χ1) is 16.3. The van der Waals surface area contributed by atoms with Crippen LogP contribution in [0.3, 0.4) is 0 Å². The fraction of sp³-hybridized carbons (Fsp3) is 0.281. The van der Waals surface area contributed by atoms with E-state index >= 15 is 0 Å².